The van der Waals surface area contributed by atoms with Crippen LogP contribution in [0.4, 0.5) is 5.69 Å². The van der Waals surface area contributed by atoms with Gasteiger partial charge in [0.15, 0.2) is 0 Å². The van der Waals surface area contributed by atoms with Crippen molar-refractivity contribution in [3.63, 3.8) is 0 Å². The van der Waals surface area contributed by atoms with Gasteiger partial charge in [-0.05, 0) is 28.8 Å². The fourth-order valence-electron chi connectivity index (χ4n) is 2.86. The van der Waals surface area contributed by atoms with Crippen LogP contribution in [-0.2, 0) is 11.8 Å². The van der Waals surface area contributed by atoms with Crippen LogP contribution in [0, 0.1) is 0 Å². The molecule has 3 rings (SSSR count). The predicted octanol–water partition coefficient (Wildman–Crippen LogP) is 5.64. The van der Waals surface area contributed by atoms with Gasteiger partial charge in [-0.25, -0.2) is 0 Å². The highest BCUT2D eigenvalue weighted by atomic mass is 32.1. The van der Waals surface area contributed by atoms with Crippen LogP contribution in [-0.4, -0.2) is 16.1 Å². The van der Waals surface area contributed by atoms with Crippen LogP contribution in [0.3, 0.4) is 0 Å². The maximum Gasteiger partial charge on any atom is 0.265 e. The number of H-pyrrole nitrogens is 1. The van der Waals surface area contributed by atoms with Crippen LogP contribution in [0.25, 0.3) is 11.3 Å². The van der Waals surface area contributed by atoms with Crippen molar-refractivity contribution in [3.8, 4) is 11.3 Å². The lowest BCUT2D eigenvalue weighted by Crippen LogP contribution is -2.12. The number of aromatic amines is 1. The molecule has 0 saturated heterocycles. The van der Waals surface area contributed by atoms with Gasteiger partial charge in [0.1, 0.15) is 5.69 Å². The smallest absolute Gasteiger partial charge is 0.265 e. The van der Waals surface area contributed by atoms with Gasteiger partial charge in [0.2, 0.25) is 0 Å². The molecular weight excluding hydrogens is 342 g/mol. The number of benzene rings is 1. The van der Waals surface area contributed by atoms with E-state index in [0.717, 1.165) is 35.5 Å². The molecule has 136 valence electrons. The van der Waals surface area contributed by atoms with E-state index < -0.39 is 0 Å². The third-order valence-corrected chi connectivity index (χ3v) is 5.22. The van der Waals surface area contributed by atoms with E-state index in [9.17, 15) is 4.79 Å². The van der Waals surface area contributed by atoms with Gasteiger partial charge in [0.25, 0.3) is 5.91 Å². The SMILES string of the molecule is CCCc1[nH]nc(-c2ccc(C(C)(C)C)cc2)c1NC(=O)c1cccs1. The highest BCUT2D eigenvalue weighted by Gasteiger charge is 2.19. The number of thiophene rings is 1. The molecule has 0 unspecified atom stereocenters. The fraction of sp³-hybridized carbons (Fsp3) is 0.333. The first-order valence-electron chi connectivity index (χ1n) is 8.93. The second-order valence-electron chi connectivity index (χ2n) is 7.43. The largest absolute Gasteiger partial charge is 0.318 e. The van der Waals surface area contributed by atoms with Gasteiger partial charge >= 0.3 is 0 Å². The molecule has 26 heavy (non-hydrogen) atoms. The van der Waals surface area contributed by atoms with Gasteiger partial charge in [0.05, 0.1) is 16.3 Å². The zero-order valence-corrected chi connectivity index (χ0v) is 16.5. The molecule has 2 aromatic heterocycles. The van der Waals surface area contributed by atoms with E-state index in [0.29, 0.717) is 4.88 Å². The number of hydrogen-bond acceptors (Lipinski definition) is 3. The van der Waals surface area contributed by atoms with Crippen LogP contribution < -0.4 is 5.32 Å². The van der Waals surface area contributed by atoms with E-state index >= 15 is 0 Å². The molecular formula is C21H25N3OS. The summed E-state index contributed by atoms with van der Waals surface area (Å²) in [5.74, 6) is -0.0914. The zero-order chi connectivity index (χ0) is 18.7. The Morgan fingerprint density at radius 3 is 2.50 bits per heavy atom. The van der Waals surface area contributed by atoms with Gasteiger partial charge in [-0.15, -0.1) is 11.3 Å². The molecule has 0 aliphatic heterocycles. The van der Waals surface area contributed by atoms with E-state index in [1.165, 1.54) is 16.9 Å². The normalized spacial score (nSPS) is 11.5. The zero-order valence-electron chi connectivity index (χ0n) is 15.7. The highest BCUT2D eigenvalue weighted by Crippen LogP contribution is 2.32. The van der Waals surface area contributed by atoms with Gasteiger partial charge in [0, 0.05) is 5.56 Å². The number of hydrogen-bond donors (Lipinski definition) is 2. The molecule has 1 aromatic carbocycles. The molecule has 4 nitrogen and oxygen atoms in total. The summed E-state index contributed by atoms with van der Waals surface area (Å²) in [7, 11) is 0. The average Bonchev–Trinajstić information content (AvgIpc) is 3.25. The Hall–Kier alpha value is -2.40. The van der Waals surface area contributed by atoms with E-state index in [4.69, 9.17) is 0 Å². The second kappa shape index (κ2) is 7.46. The van der Waals surface area contributed by atoms with Crippen molar-refractivity contribution in [2.75, 3.05) is 5.32 Å². The molecule has 0 fully saturated rings. The van der Waals surface area contributed by atoms with E-state index in [1.807, 2.05) is 17.5 Å². The summed E-state index contributed by atoms with van der Waals surface area (Å²) in [5, 5.41) is 12.6. The number of anilines is 1. The third kappa shape index (κ3) is 3.88. The Bertz CT molecular complexity index is 871. The number of carbonyl (C=O) groups is 1. The van der Waals surface area contributed by atoms with Crippen molar-refractivity contribution in [2.24, 2.45) is 0 Å². The minimum atomic E-state index is -0.0914. The molecule has 2 N–H and O–H groups in total. The number of aromatic nitrogens is 2. The Balaban J connectivity index is 1.95. The van der Waals surface area contributed by atoms with Crippen molar-refractivity contribution in [1.29, 1.82) is 0 Å². The summed E-state index contributed by atoms with van der Waals surface area (Å²) in [6, 6.07) is 12.1. The average molecular weight is 368 g/mol. The lowest BCUT2D eigenvalue weighted by molar-refractivity contribution is 0.103. The van der Waals surface area contributed by atoms with Crippen LogP contribution >= 0.6 is 11.3 Å². The predicted molar refractivity (Wildman–Crippen MR) is 109 cm³/mol. The Labute approximate surface area is 158 Å². The van der Waals surface area contributed by atoms with Crippen LogP contribution in [0.5, 0.6) is 0 Å². The fourth-order valence-corrected chi connectivity index (χ4v) is 3.48. The number of nitrogens with one attached hydrogen (secondary N) is 2. The summed E-state index contributed by atoms with van der Waals surface area (Å²) in [4.78, 5) is 13.3. The molecule has 2 heterocycles. The van der Waals surface area contributed by atoms with Crippen LogP contribution in [0.1, 0.15) is 55.0 Å². The molecule has 0 atom stereocenters. The summed E-state index contributed by atoms with van der Waals surface area (Å²) in [5.41, 5.74) is 4.92. The lowest BCUT2D eigenvalue weighted by Gasteiger charge is -2.19. The number of carbonyl (C=O) groups excluding carboxylic acids is 1. The molecule has 0 bridgehead atoms. The summed E-state index contributed by atoms with van der Waals surface area (Å²) < 4.78 is 0. The Morgan fingerprint density at radius 2 is 1.92 bits per heavy atom. The van der Waals surface area contributed by atoms with Crippen LogP contribution in [0.15, 0.2) is 41.8 Å². The topological polar surface area (TPSA) is 57.8 Å². The molecule has 0 aliphatic carbocycles. The quantitative estimate of drug-likeness (QED) is 0.613. The molecule has 5 heteroatoms. The van der Waals surface area contributed by atoms with Crippen molar-refractivity contribution in [1.82, 2.24) is 10.2 Å². The van der Waals surface area contributed by atoms with E-state index in [2.05, 4.69) is 67.5 Å². The van der Waals surface area contributed by atoms with Crippen molar-refractivity contribution < 1.29 is 4.79 Å². The standard InChI is InChI=1S/C21H25N3OS/c1-5-7-16-19(22-20(25)17-8-6-13-26-17)18(24-23-16)14-9-11-15(12-10-14)21(2,3)4/h6,8-13H,5,7H2,1-4H3,(H,22,25)(H,23,24). The summed E-state index contributed by atoms with van der Waals surface area (Å²) in [6.07, 6.45) is 1.82. The first kappa shape index (κ1) is 18.4. The second-order valence-corrected chi connectivity index (χ2v) is 8.38. The van der Waals surface area contributed by atoms with Gasteiger partial charge in [-0.3, -0.25) is 9.89 Å². The van der Waals surface area contributed by atoms with Crippen molar-refractivity contribution in [3.05, 3.63) is 57.9 Å². The Morgan fingerprint density at radius 1 is 1.19 bits per heavy atom. The van der Waals surface area contributed by atoms with Crippen molar-refractivity contribution >= 4 is 22.9 Å². The highest BCUT2D eigenvalue weighted by molar-refractivity contribution is 7.12. The van der Waals surface area contributed by atoms with E-state index in [-0.39, 0.29) is 11.3 Å². The van der Waals surface area contributed by atoms with Crippen molar-refractivity contribution in [2.45, 2.75) is 46.0 Å². The molecule has 0 saturated carbocycles. The number of rotatable bonds is 5. The molecule has 3 aromatic rings. The Kier molecular flexibility index (Phi) is 5.28. The summed E-state index contributed by atoms with van der Waals surface area (Å²) >= 11 is 1.44. The monoisotopic (exact) mass is 367 g/mol. The molecule has 1 amide bonds. The molecule has 0 aliphatic rings. The van der Waals surface area contributed by atoms with Gasteiger partial charge in [-0.1, -0.05) is 64.4 Å². The maximum absolute atomic E-state index is 12.6. The number of aryl methyl sites for hydroxylation is 1. The van der Waals surface area contributed by atoms with Crippen LogP contribution in [0.2, 0.25) is 0 Å². The number of nitrogens with zero attached hydrogens (tertiary/aromatic N) is 1. The first-order chi connectivity index (χ1) is 12.4. The minimum Gasteiger partial charge on any atom is -0.318 e. The first-order valence-corrected chi connectivity index (χ1v) is 9.81. The third-order valence-electron chi connectivity index (χ3n) is 4.35. The number of amides is 1. The summed E-state index contributed by atoms with van der Waals surface area (Å²) in [6.45, 7) is 8.71. The minimum absolute atomic E-state index is 0.0914. The van der Waals surface area contributed by atoms with Gasteiger partial charge in [-0.2, -0.15) is 5.10 Å². The lowest BCUT2D eigenvalue weighted by atomic mass is 9.86. The van der Waals surface area contributed by atoms with E-state index in [1.54, 1.807) is 0 Å². The molecule has 0 spiro atoms. The molecule has 0 radical (unpaired) electrons. The maximum atomic E-state index is 12.6. The van der Waals surface area contributed by atoms with Gasteiger partial charge < -0.3 is 5.32 Å².